The first kappa shape index (κ1) is 22.3. The van der Waals surface area contributed by atoms with Crippen LogP contribution in [0.1, 0.15) is 12.8 Å². The summed E-state index contributed by atoms with van der Waals surface area (Å²) >= 11 is 23.6. The topological polar surface area (TPSA) is 84.5 Å². The van der Waals surface area contributed by atoms with Gasteiger partial charge in [-0.2, -0.15) is 0 Å². The van der Waals surface area contributed by atoms with Crippen LogP contribution < -0.4 is 10.6 Å². The standard InChI is InChI=1S/C18H14Cl4N2O4/c19-10-4-5-11(20)14(8-10)24-15(25)6-7-17(27)28-9-16(26)23-13-3-1-2-12(21)18(13)22/h1-5,8H,6-7,9H2,(H,23,26)(H,24,25). The third kappa shape index (κ3) is 6.87. The summed E-state index contributed by atoms with van der Waals surface area (Å²) in [4.78, 5) is 35.5. The Morgan fingerprint density at radius 2 is 1.54 bits per heavy atom. The van der Waals surface area contributed by atoms with Crippen LogP contribution in [0.2, 0.25) is 20.1 Å². The lowest BCUT2D eigenvalue weighted by Gasteiger charge is -2.09. The zero-order valence-corrected chi connectivity index (χ0v) is 17.3. The van der Waals surface area contributed by atoms with E-state index in [0.717, 1.165) is 0 Å². The van der Waals surface area contributed by atoms with E-state index < -0.39 is 24.4 Å². The molecule has 28 heavy (non-hydrogen) atoms. The third-order valence-corrected chi connectivity index (χ3v) is 4.73. The fraction of sp³-hybridized carbons (Fsp3) is 0.167. The Hall–Kier alpha value is -1.99. The van der Waals surface area contributed by atoms with E-state index in [4.69, 9.17) is 51.1 Å². The largest absolute Gasteiger partial charge is 0.456 e. The summed E-state index contributed by atoms with van der Waals surface area (Å²) in [6.07, 6.45) is -0.362. The molecule has 0 bridgehead atoms. The van der Waals surface area contributed by atoms with Crippen LogP contribution in [-0.4, -0.2) is 24.4 Å². The highest BCUT2D eigenvalue weighted by Gasteiger charge is 2.13. The molecule has 2 aromatic rings. The predicted octanol–water partition coefficient (Wildman–Crippen LogP) is 5.20. The van der Waals surface area contributed by atoms with Crippen LogP contribution in [-0.2, 0) is 19.1 Å². The SMILES string of the molecule is O=C(CCC(=O)OCC(=O)Nc1cccc(Cl)c1Cl)Nc1cc(Cl)ccc1Cl. The monoisotopic (exact) mass is 462 g/mol. The molecule has 0 aliphatic rings. The molecule has 0 aliphatic heterocycles. The summed E-state index contributed by atoms with van der Waals surface area (Å²) in [6, 6.07) is 9.35. The van der Waals surface area contributed by atoms with Crippen molar-refractivity contribution in [3.63, 3.8) is 0 Å². The van der Waals surface area contributed by atoms with Gasteiger partial charge in [-0.25, -0.2) is 0 Å². The number of rotatable bonds is 7. The lowest BCUT2D eigenvalue weighted by molar-refractivity contribution is -0.147. The average Bonchev–Trinajstić information content (AvgIpc) is 2.65. The van der Waals surface area contributed by atoms with Crippen molar-refractivity contribution >= 4 is 75.6 Å². The van der Waals surface area contributed by atoms with Crippen molar-refractivity contribution < 1.29 is 19.1 Å². The number of amides is 2. The highest BCUT2D eigenvalue weighted by Crippen LogP contribution is 2.29. The summed E-state index contributed by atoms with van der Waals surface area (Å²) in [7, 11) is 0. The van der Waals surface area contributed by atoms with E-state index in [1.807, 2.05) is 0 Å². The zero-order valence-electron chi connectivity index (χ0n) is 14.2. The first-order valence-corrected chi connectivity index (χ1v) is 9.42. The number of nitrogens with one attached hydrogen (secondary N) is 2. The van der Waals surface area contributed by atoms with Crippen molar-refractivity contribution in [2.75, 3.05) is 17.2 Å². The van der Waals surface area contributed by atoms with Crippen molar-refractivity contribution in [1.29, 1.82) is 0 Å². The Labute approximate surface area is 181 Å². The summed E-state index contributed by atoms with van der Waals surface area (Å²) < 4.78 is 4.84. The fourth-order valence-corrected chi connectivity index (χ4v) is 2.71. The van der Waals surface area contributed by atoms with Crippen molar-refractivity contribution in [1.82, 2.24) is 0 Å². The van der Waals surface area contributed by atoms with Crippen molar-refractivity contribution in [3.8, 4) is 0 Å². The summed E-state index contributed by atoms with van der Waals surface area (Å²) in [5.41, 5.74) is 0.637. The Balaban J connectivity index is 1.74. The number of anilines is 2. The number of hydrogen-bond donors (Lipinski definition) is 2. The molecule has 10 heteroatoms. The van der Waals surface area contributed by atoms with Gasteiger partial charge in [-0.15, -0.1) is 0 Å². The van der Waals surface area contributed by atoms with Crippen molar-refractivity contribution in [2.24, 2.45) is 0 Å². The summed E-state index contributed by atoms with van der Waals surface area (Å²) in [6.45, 7) is -0.524. The molecule has 148 valence electrons. The lowest BCUT2D eigenvalue weighted by Crippen LogP contribution is -2.22. The third-order valence-electron chi connectivity index (χ3n) is 3.35. The van der Waals surface area contributed by atoms with Crippen molar-refractivity contribution in [3.05, 3.63) is 56.5 Å². The number of carbonyl (C=O) groups is 3. The normalized spacial score (nSPS) is 10.3. The van der Waals surface area contributed by atoms with E-state index >= 15 is 0 Å². The van der Waals surface area contributed by atoms with Crippen LogP contribution in [0, 0.1) is 0 Å². The molecule has 0 saturated carbocycles. The minimum atomic E-state index is -0.709. The van der Waals surface area contributed by atoms with Gasteiger partial charge in [0.1, 0.15) is 0 Å². The second kappa shape index (κ2) is 10.5. The second-order valence-electron chi connectivity index (χ2n) is 5.48. The first-order chi connectivity index (χ1) is 13.3. The van der Waals surface area contributed by atoms with Gasteiger partial charge in [-0.3, -0.25) is 14.4 Å². The van der Waals surface area contributed by atoms with E-state index in [-0.39, 0.29) is 22.9 Å². The first-order valence-electron chi connectivity index (χ1n) is 7.90. The molecule has 0 unspecified atom stereocenters. The molecule has 0 fully saturated rings. The number of esters is 1. The van der Waals surface area contributed by atoms with Gasteiger partial charge in [-0.05, 0) is 30.3 Å². The van der Waals surface area contributed by atoms with Gasteiger partial charge in [-0.1, -0.05) is 52.5 Å². The quantitative estimate of drug-likeness (QED) is 0.552. The molecule has 0 aliphatic carbocycles. The van der Waals surface area contributed by atoms with Gasteiger partial charge in [0.2, 0.25) is 5.91 Å². The molecule has 6 nitrogen and oxygen atoms in total. The van der Waals surface area contributed by atoms with Gasteiger partial charge in [0.15, 0.2) is 6.61 Å². The van der Waals surface area contributed by atoms with Crippen LogP contribution in [0.5, 0.6) is 0 Å². The molecule has 0 saturated heterocycles. The van der Waals surface area contributed by atoms with E-state index in [1.165, 1.54) is 6.07 Å². The molecule has 0 spiro atoms. The maximum atomic E-state index is 11.9. The summed E-state index contributed by atoms with van der Waals surface area (Å²) in [5, 5.41) is 6.21. The van der Waals surface area contributed by atoms with Gasteiger partial charge in [0, 0.05) is 11.4 Å². The number of hydrogen-bond acceptors (Lipinski definition) is 4. The number of carbonyl (C=O) groups excluding carboxylic acids is 3. The molecule has 2 rings (SSSR count). The molecular weight excluding hydrogens is 450 g/mol. The molecule has 0 aromatic heterocycles. The van der Waals surface area contributed by atoms with E-state index in [0.29, 0.717) is 21.4 Å². The van der Waals surface area contributed by atoms with Crippen LogP contribution in [0.25, 0.3) is 0 Å². The molecular formula is C18H14Cl4N2O4. The summed E-state index contributed by atoms with van der Waals surface area (Å²) in [5.74, 6) is -1.75. The molecule has 2 N–H and O–H groups in total. The maximum Gasteiger partial charge on any atom is 0.306 e. The van der Waals surface area contributed by atoms with Crippen LogP contribution in [0.3, 0.4) is 0 Å². The van der Waals surface area contributed by atoms with E-state index in [1.54, 1.807) is 30.3 Å². The molecule has 2 aromatic carbocycles. The molecule has 0 radical (unpaired) electrons. The van der Waals surface area contributed by atoms with E-state index in [2.05, 4.69) is 10.6 Å². The number of halogens is 4. The van der Waals surface area contributed by atoms with Crippen LogP contribution in [0.15, 0.2) is 36.4 Å². The molecule has 0 heterocycles. The minimum absolute atomic E-state index is 0.149. The highest BCUT2D eigenvalue weighted by atomic mass is 35.5. The van der Waals surface area contributed by atoms with Crippen LogP contribution >= 0.6 is 46.4 Å². The lowest BCUT2D eigenvalue weighted by atomic mass is 10.2. The Morgan fingerprint density at radius 1 is 0.821 bits per heavy atom. The minimum Gasteiger partial charge on any atom is -0.456 e. The van der Waals surface area contributed by atoms with Gasteiger partial charge in [0.05, 0.1) is 32.9 Å². The average molecular weight is 464 g/mol. The smallest absolute Gasteiger partial charge is 0.306 e. The van der Waals surface area contributed by atoms with Gasteiger partial charge >= 0.3 is 5.97 Å². The van der Waals surface area contributed by atoms with Crippen molar-refractivity contribution in [2.45, 2.75) is 12.8 Å². The van der Waals surface area contributed by atoms with Crippen LogP contribution in [0.4, 0.5) is 11.4 Å². The maximum absolute atomic E-state index is 11.9. The Kier molecular flexibility index (Phi) is 8.38. The molecule has 0 atom stereocenters. The Morgan fingerprint density at radius 3 is 2.29 bits per heavy atom. The highest BCUT2D eigenvalue weighted by molar-refractivity contribution is 6.44. The second-order valence-corrected chi connectivity index (χ2v) is 7.11. The van der Waals surface area contributed by atoms with Gasteiger partial charge in [0.25, 0.3) is 5.91 Å². The van der Waals surface area contributed by atoms with Gasteiger partial charge < -0.3 is 15.4 Å². The Bertz CT molecular complexity index is 883. The van der Waals surface area contributed by atoms with E-state index in [9.17, 15) is 14.4 Å². The zero-order chi connectivity index (χ0) is 20.7. The number of ether oxygens (including phenoxy) is 1. The molecule has 2 amide bonds. The predicted molar refractivity (Wildman–Crippen MR) is 110 cm³/mol. The fourth-order valence-electron chi connectivity index (χ4n) is 2.03. The number of benzene rings is 2.